The second-order valence-electron chi connectivity index (χ2n) is 7.01. The number of nitrogens with zero attached hydrogens (tertiary/aromatic N) is 1. The lowest BCUT2D eigenvalue weighted by atomic mass is 9.94. The molecule has 0 heterocycles. The lowest BCUT2D eigenvalue weighted by Gasteiger charge is -2.26. The summed E-state index contributed by atoms with van der Waals surface area (Å²) in [7, 11) is 0. The van der Waals surface area contributed by atoms with Crippen molar-refractivity contribution in [1.29, 1.82) is 0 Å². The van der Waals surface area contributed by atoms with E-state index in [1.165, 1.54) is 75.6 Å². The Morgan fingerprint density at radius 3 is 2.18 bits per heavy atom. The first-order valence-electron chi connectivity index (χ1n) is 9.27. The maximum atomic E-state index is 5.13. The van der Waals surface area contributed by atoms with Crippen LogP contribution < -0.4 is 5.32 Å². The Labute approximate surface area is 135 Å². The molecule has 0 saturated heterocycles. The van der Waals surface area contributed by atoms with Crippen LogP contribution in [0.3, 0.4) is 0 Å². The zero-order valence-electron chi connectivity index (χ0n) is 13.8. The summed E-state index contributed by atoms with van der Waals surface area (Å²) in [6, 6.07) is 12.0. The highest BCUT2D eigenvalue weighted by Crippen LogP contribution is 2.22. The maximum Gasteiger partial charge on any atom is 0.101 e. The summed E-state index contributed by atoms with van der Waals surface area (Å²) < 4.78 is 0. The minimum atomic E-state index is 0.559. The van der Waals surface area contributed by atoms with Crippen LogP contribution in [0.5, 0.6) is 0 Å². The van der Waals surface area contributed by atoms with Crippen LogP contribution in [0.2, 0.25) is 0 Å². The summed E-state index contributed by atoms with van der Waals surface area (Å²) >= 11 is 0. The highest BCUT2D eigenvalue weighted by Gasteiger charge is 2.17. The number of hydrogen-bond donors (Lipinski definition) is 1. The number of aliphatic imine (C=N–C) groups is 1. The number of rotatable bonds is 4. The predicted molar refractivity (Wildman–Crippen MR) is 94.5 cm³/mol. The SMILES string of the molecule is c1ccc(CC(=NC2CCCCC2)NC2CCCCC2)cc1. The Morgan fingerprint density at radius 2 is 1.50 bits per heavy atom. The zero-order chi connectivity index (χ0) is 15.0. The van der Waals surface area contributed by atoms with Gasteiger partial charge in [-0.15, -0.1) is 0 Å². The number of hydrogen-bond acceptors (Lipinski definition) is 1. The van der Waals surface area contributed by atoms with Crippen LogP contribution in [0.15, 0.2) is 35.3 Å². The van der Waals surface area contributed by atoms with E-state index in [4.69, 9.17) is 4.99 Å². The van der Waals surface area contributed by atoms with Gasteiger partial charge in [-0.3, -0.25) is 4.99 Å². The fraction of sp³-hybridized carbons (Fsp3) is 0.650. The van der Waals surface area contributed by atoms with Crippen molar-refractivity contribution in [2.24, 2.45) is 4.99 Å². The molecule has 0 atom stereocenters. The third-order valence-electron chi connectivity index (χ3n) is 5.10. The third-order valence-corrected chi connectivity index (χ3v) is 5.10. The lowest BCUT2D eigenvalue weighted by Crippen LogP contribution is -2.38. The van der Waals surface area contributed by atoms with Gasteiger partial charge in [0.2, 0.25) is 0 Å². The molecule has 1 aromatic carbocycles. The molecular formula is C20H30N2. The van der Waals surface area contributed by atoms with Crippen LogP contribution in [-0.4, -0.2) is 17.9 Å². The molecule has 2 saturated carbocycles. The van der Waals surface area contributed by atoms with E-state index >= 15 is 0 Å². The molecule has 0 unspecified atom stereocenters. The van der Waals surface area contributed by atoms with E-state index in [1.807, 2.05) is 0 Å². The molecule has 2 aliphatic carbocycles. The summed E-state index contributed by atoms with van der Waals surface area (Å²) in [5, 5.41) is 3.80. The Hall–Kier alpha value is -1.31. The Kier molecular flexibility index (Phi) is 5.92. The van der Waals surface area contributed by atoms with E-state index in [9.17, 15) is 0 Å². The Balaban J connectivity index is 1.67. The van der Waals surface area contributed by atoms with Crippen molar-refractivity contribution in [2.45, 2.75) is 82.7 Å². The molecule has 120 valence electrons. The van der Waals surface area contributed by atoms with Gasteiger partial charge in [0.05, 0.1) is 6.04 Å². The normalized spacial score (nSPS) is 21.7. The van der Waals surface area contributed by atoms with E-state index in [0.717, 1.165) is 6.42 Å². The molecule has 0 aromatic heterocycles. The molecule has 22 heavy (non-hydrogen) atoms. The predicted octanol–water partition coefficient (Wildman–Crippen LogP) is 4.88. The van der Waals surface area contributed by atoms with Crippen molar-refractivity contribution in [1.82, 2.24) is 5.32 Å². The molecule has 0 aliphatic heterocycles. The van der Waals surface area contributed by atoms with Crippen LogP contribution in [-0.2, 0) is 6.42 Å². The van der Waals surface area contributed by atoms with Crippen LogP contribution in [0.25, 0.3) is 0 Å². The van der Waals surface area contributed by atoms with Gasteiger partial charge in [-0.05, 0) is 31.2 Å². The lowest BCUT2D eigenvalue weighted by molar-refractivity contribution is 0.407. The quantitative estimate of drug-likeness (QED) is 0.621. The largest absolute Gasteiger partial charge is 0.371 e. The van der Waals surface area contributed by atoms with Crippen LogP contribution in [0.4, 0.5) is 0 Å². The molecular weight excluding hydrogens is 268 g/mol. The topological polar surface area (TPSA) is 24.4 Å². The van der Waals surface area contributed by atoms with Gasteiger partial charge in [-0.2, -0.15) is 0 Å². The fourth-order valence-electron chi connectivity index (χ4n) is 3.84. The Bertz CT molecular complexity index is 454. The monoisotopic (exact) mass is 298 g/mol. The Morgan fingerprint density at radius 1 is 0.864 bits per heavy atom. The van der Waals surface area contributed by atoms with Gasteiger partial charge in [0.25, 0.3) is 0 Å². The number of nitrogens with one attached hydrogen (secondary N) is 1. The summed E-state index contributed by atoms with van der Waals surface area (Å²) in [6.45, 7) is 0. The average Bonchev–Trinajstić information content (AvgIpc) is 2.57. The van der Waals surface area contributed by atoms with E-state index in [1.54, 1.807) is 0 Å². The van der Waals surface area contributed by atoms with Gasteiger partial charge in [0.1, 0.15) is 5.84 Å². The zero-order valence-corrected chi connectivity index (χ0v) is 13.8. The first kappa shape index (κ1) is 15.6. The van der Waals surface area contributed by atoms with E-state index < -0.39 is 0 Å². The van der Waals surface area contributed by atoms with Crippen molar-refractivity contribution >= 4 is 5.84 Å². The molecule has 1 N–H and O–H groups in total. The highest BCUT2D eigenvalue weighted by atomic mass is 15.0. The second kappa shape index (κ2) is 8.36. The molecule has 0 spiro atoms. The number of benzene rings is 1. The fourth-order valence-corrected chi connectivity index (χ4v) is 3.84. The van der Waals surface area contributed by atoms with Crippen molar-refractivity contribution in [3.05, 3.63) is 35.9 Å². The van der Waals surface area contributed by atoms with Crippen LogP contribution >= 0.6 is 0 Å². The van der Waals surface area contributed by atoms with Gasteiger partial charge in [-0.1, -0.05) is 68.9 Å². The molecule has 0 amide bonds. The van der Waals surface area contributed by atoms with Crippen LogP contribution in [0.1, 0.15) is 69.8 Å². The average molecular weight is 298 g/mol. The highest BCUT2D eigenvalue weighted by molar-refractivity contribution is 5.84. The first-order chi connectivity index (χ1) is 10.9. The molecule has 0 bridgehead atoms. The summed E-state index contributed by atoms with van der Waals surface area (Å²) in [5.41, 5.74) is 1.38. The van der Waals surface area contributed by atoms with Crippen molar-refractivity contribution in [3.8, 4) is 0 Å². The summed E-state index contributed by atoms with van der Waals surface area (Å²) in [5.74, 6) is 1.24. The second-order valence-corrected chi connectivity index (χ2v) is 7.01. The van der Waals surface area contributed by atoms with Crippen molar-refractivity contribution in [2.75, 3.05) is 0 Å². The first-order valence-corrected chi connectivity index (χ1v) is 9.27. The van der Waals surface area contributed by atoms with E-state index in [0.29, 0.717) is 12.1 Å². The van der Waals surface area contributed by atoms with Gasteiger partial charge in [0, 0.05) is 12.5 Å². The van der Waals surface area contributed by atoms with E-state index in [2.05, 4.69) is 35.6 Å². The molecule has 2 fully saturated rings. The minimum absolute atomic E-state index is 0.559. The standard InChI is InChI=1S/C20H30N2/c1-4-10-17(11-5-1)16-20(21-18-12-6-2-7-13-18)22-19-14-8-3-9-15-19/h1,4-5,10-11,18-19H,2-3,6-9,12-16H2,(H,21,22). The molecule has 2 nitrogen and oxygen atoms in total. The van der Waals surface area contributed by atoms with Gasteiger partial charge in [0.15, 0.2) is 0 Å². The van der Waals surface area contributed by atoms with Gasteiger partial charge >= 0.3 is 0 Å². The third kappa shape index (κ3) is 4.86. The van der Waals surface area contributed by atoms with Gasteiger partial charge < -0.3 is 5.32 Å². The molecule has 0 radical (unpaired) electrons. The van der Waals surface area contributed by atoms with Gasteiger partial charge in [-0.25, -0.2) is 0 Å². The summed E-state index contributed by atoms with van der Waals surface area (Å²) in [4.78, 5) is 5.13. The molecule has 2 heteroatoms. The van der Waals surface area contributed by atoms with E-state index in [-0.39, 0.29) is 0 Å². The molecule has 3 rings (SSSR count). The van der Waals surface area contributed by atoms with Crippen molar-refractivity contribution < 1.29 is 0 Å². The summed E-state index contributed by atoms with van der Waals surface area (Å²) in [6.07, 6.45) is 14.4. The molecule has 1 aromatic rings. The van der Waals surface area contributed by atoms with Crippen molar-refractivity contribution in [3.63, 3.8) is 0 Å². The maximum absolute atomic E-state index is 5.13. The molecule has 2 aliphatic rings. The smallest absolute Gasteiger partial charge is 0.101 e. The van der Waals surface area contributed by atoms with Crippen LogP contribution in [0, 0.1) is 0 Å². The number of amidine groups is 1. The minimum Gasteiger partial charge on any atom is -0.371 e.